The van der Waals surface area contributed by atoms with E-state index in [1.54, 1.807) is 6.92 Å². The van der Waals surface area contributed by atoms with E-state index in [2.05, 4.69) is 16.6 Å². The standard InChI is InChI=1S/C12H12ClNO4S/c1-2-3-4-7-14-19(17,18)9-5-6-11(13)10(8-9)12(15)16/h5-6,8,14H,4,7H2,1H3,(H,15,16). The number of carboxylic acid groups (broad SMARTS) is 1. The van der Waals surface area contributed by atoms with Crippen LogP contribution in [0.2, 0.25) is 5.02 Å². The molecule has 0 atom stereocenters. The molecule has 0 aliphatic heterocycles. The maximum Gasteiger partial charge on any atom is 0.337 e. The summed E-state index contributed by atoms with van der Waals surface area (Å²) in [5.74, 6) is 4.09. The summed E-state index contributed by atoms with van der Waals surface area (Å²) in [6.07, 6.45) is 0.384. The van der Waals surface area contributed by atoms with Gasteiger partial charge in [-0.2, -0.15) is 0 Å². The molecule has 19 heavy (non-hydrogen) atoms. The van der Waals surface area contributed by atoms with Crippen LogP contribution in [-0.2, 0) is 10.0 Å². The number of rotatable bonds is 5. The van der Waals surface area contributed by atoms with Gasteiger partial charge in [-0.3, -0.25) is 0 Å². The second-order valence-corrected chi connectivity index (χ2v) is 5.70. The monoisotopic (exact) mass is 301 g/mol. The highest BCUT2D eigenvalue weighted by molar-refractivity contribution is 7.89. The van der Waals surface area contributed by atoms with Gasteiger partial charge in [0.2, 0.25) is 10.0 Å². The van der Waals surface area contributed by atoms with Crippen LogP contribution in [0.4, 0.5) is 0 Å². The van der Waals surface area contributed by atoms with Crippen molar-refractivity contribution in [1.29, 1.82) is 0 Å². The highest BCUT2D eigenvalue weighted by Gasteiger charge is 2.17. The van der Waals surface area contributed by atoms with E-state index in [1.807, 2.05) is 0 Å². The van der Waals surface area contributed by atoms with Gasteiger partial charge in [-0.15, -0.1) is 11.8 Å². The van der Waals surface area contributed by atoms with Crippen LogP contribution in [0, 0.1) is 11.8 Å². The third-order valence-corrected chi connectivity index (χ3v) is 3.99. The minimum absolute atomic E-state index is 0.0108. The fraction of sp³-hybridized carbons (Fsp3) is 0.250. The Bertz CT molecular complexity index is 643. The van der Waals surface area contributed by atoms with Crippen LogP contribution in [0.5, 0.6) is 0 Å². The SMILES string of the molecule is CC#CCCNS(=O)(=O)c1ccc(Cl)c(C(=O)O)c1. The van der Waals surface area contributed by atoms with Crippen molar-refractivity contribution in [2.24, 2.45) is 0 Å². The summed E-state index contributed by atoms with van der Waals surface area (Å²) in [6.45, 7) is 1.82. The molecule has 0 amide bonds. The zero-order chi connectivity index (χ0) is 14.5. The van der Waals surface area contributed by atoms with Crippen molar-refractivity contribution in [3.05, 3.63) is 28.8 Å². The van der Waals surface area contributed by atoms with Gasteiger partial charge in [-0.05, 0) is 25.1 Å². The summed E-state index contributed by atoms with van der Waals surface area (Å²) < 4.78 is 26.1. The molecule has 0 bridgehead atoms. The molecule has 0 aromatic heterocycles. The maximum absolute atomic E-state index is 11.9. The van der Waals surface area contributed by atoms with Gasteiger partial charge in [0.1, 0.15) is 0 Å². The predicted molar refractivity (Wildman–Crippen MR) is 71.7 cm³/mol. The first-order valence-electron chi connectivity index (χ1n) is 5.30. The Balaban J connectivity index is 2.97. The molecule has 0 aliphatic carbocycles. The number of benzene rings is 1. The van der Waals surface area contributed by atoms with Crippen molar-refractivity contribution >= 4 is 27.6 Å². The first-order chi connectivity index (χ1) is 8.88. The zero-order valence-electron chi connectivity index (χ0n) is 10.1. The van der Waals surface area contributed by atoms with Gasteiger partial charge in [0.05, 0.1) is 15.5 Å². The molecule has 0 fully saturated rings. The van der Waals surface area contributed by atoms with Crippen LogP contribution in [0.15, 0.2) is 23.1 Å². The number of carbonyl (C=O) groups is 1. The molecule has 102 valence electrons. The smallest absolute Gasteiger partial charge is 0.337 e. The summed E-state index contributed by atoms with van der Waals surface area (Å²) in [7, 11) is -3.75. The van der Waals surface area contributed by atoms with E-state index in [4.69, 9.17) is 16.7 Å². The van der Waals surface area contributed by atoms with Crippen molar-refractivity contribution in [1.82, 2.24) is 4.72 Å². The van der Waals surface area contributed by atoms with Crippen molar-refractivity contribution in [3.8, 4) is 11.8 Å². The third-order valence-electron chi connectivity index (χ3n) is 2.20. The summed E-state index contributed by atoms with van der Waals surface area (Å²) in [5, 5.41) is 8.87. The van der Waals surface area contributed by atoms with Gasteiger partial charge < -0.3 is 5.11 Å². The number of hydrogen-bond donors (Lipinski definition) is 2. The van der Waals surface area contributed by atoms with Crippen molar-refractivity contribution in [2.75, 3.05) is 6.54 Å². The number of aromatic carboxylic acids is 1. The van der Waals surface area contributed by atoms with Gasteiger partial charge in [0, 0.05) is 13.0 Å². The molecule has 0 heterocycles. The second-order valence-electron chi connectivity index (χ2n) is 3.52. The lowest BCUT2D eigenvalue weighted by Gasteiger charge is -2.07. The van der Waals surface area contributed by atoms with Crippen LogP contribution in [0.1, 0.15) is 23.7 Å². The van der Waals surface area contributed by atoms with E-state index in [0.717, 1.165) is 6.07 Å². The zero-order valence-corrected chi connectivity index (χ0v) is 11.7. The molecular weight excluding hydrogens is 290 g/mol. The third kappa shape index (κ3) is 4.24. The van der Waals surface area contributed by atoms with Crippen molar-refractivity contribution < 1.29 is 18.3 Å². The van der Waals surface area contributed by atoms with Gasteiger partial charge in [-0.1, -0.05) is 11.6 Å². The van der Waals surface area contributed by atoms with Gasteiger partial charge in [-0.25, -0.2) is 17.9 Å². The van der Waals surface area contributed by atoms with E-state index in [9.17, 15) is 13.2 Å². The van der Waals surface area contributed by atoms with E-state index in [1.165, 1.54) is 12.1 Å². The molecule has 0 unspecified atom stereocenters. The Hall–Kier alpha value is -1.55. The molecular formula is C12H12ClNO4S. The van der Waals surface area contributed by atoms with Crippen LogP contribution >= 0.6 is 11.6 Å². The molecule has 1 rings (SSSR count). The molecule has 0 spiro atoms. The molecule has 1 aromatic rings. The highest BCUT2D eigenvalue weighted by atomic mass is 35.5. The number of sulfonamides is 1. The largest absolute Gasteiger partial charge is 0.478 e. The summed E-state index contributed by atoms with van der Waals surface area (Å²) in [4.78, 5) is 10.7. The topological polar surface area (TPSA) is 83.5 Å². The Labute approximate surface area is 116 Å². The maximum atomic E-state index is 11.9. The lowest BCUT2D eigenvalue weighted by molar-refractivity contribution is 0.0697. The average molecular weight is 302 g/mol. The lowest BCUT2D eigenvalue weighted by atomic mass is 10.2. The number of carboxylic acids is 1. The fourth-order valence-electron chi connectivity index (χ4n) is 1.29. The number of hydrogen-bond acceptors (Lipinski definition) is 3. The lowest BCUT2D eigenvalue weighted by Crippen LogP contribution is -2.24. The van der Waals surface area contributed by atoms with E-state index >= 15 is 0 Å². The molecule has 0 radical (unpaired) electrons. The minimum atomic E-state index is -3.75. The number of halogens is 1. The van der Waals surface area contributed by atoms with E-state index in [0.29, 0.717) is 6.42 Å². The molecule has 0 saturated carbocycles. The average Bonchev–Trinajstić information content (AvgIpc) is 2.34. The minimum Gasteiger partial charge on any atom is -0.478 e. The highest BCUT2D eigenvalue weighted by Crippen LogP contribution is 2.20. The summed E-state index contributed by atoms with van der Waals surface area (Å²) in [5.41, 5.74) is -0.252. The molecule has 1 aromatic carbocycles. The molecule has 5 nitrogen and oxygen atoms in total. The first kappa shape index (κ1) is 15.5. The van der Waals surface area contributed by atoms with Crippen molar-refractivity contribution in [2.45, 2.75) is 18.2 Å². The Kier molecular flexibility index (Phi) is 5.36. The Morgan fingerprint density at radius 1 is 1.47 bits per heavy atom. The quantitative estimate of drug-likeness (QED) is 0.641. The second kappa shape index (κ2) is 6.57. The summed E-state index contributed by atoms with van der Waals surface area (Å²) >= 11 is 5.67. The van der Waals surface area contributed by atoms with Crippen LogP contribution in [-0.4, -0.2) is 26.0 Å². The molecule has 2 N–H and O–H groups in total. The van der Waals surface area contributed by atoms with Crippen LogP contribution in [0.3, 0.4) is 0 Å². The normalized spacial score (nSPS) is 10.6. The van der Waals surface area contributed by atoms with Crippen molar-refractivity contribution in [3.63, 3.8) is 0 Å². The van der Waals surface area contributed by atoms with Gasteiger partial charge in [0.25, 0.3) is 0 Å². The molecule has 7 heteroatoms. The van der Waals surface area contributed by atoms with E-state index in [-0.39, 0.29) is 22.0 Å². The van der Waals surface area contributed by atoms with Crippen LogP contribution < -0.4 is 4.72 Å². The molecule has 0 saturated heterocycles. The van der Waals surface area contributed by atoms with Crippen LogP contribution in [0.25, 0.3) is 0 Å². The number of nitrogens with one attached hydrogen (secondary N) is 1. The van der Waals surface area contributed by atoms with Gasteiger partial charge >= 0.3 is 5.97 Å². The van der Waals surface area contributed by atoms with E-state index < -0.39 is 16.0 Å². The van der Waals surface area contributed by atoms with Gasteiger partial charge in [0.15, 0.2) is 0 Å². The Morgan fingerprint density at radius 3 is 2.74 bits per heavy atom. The Morgan fingerprint density at radius 2 is 2.16 bits per heavy atom. The predicted octanol–water partition coefficient (Wildman–Crippen LogP) is 1.73. The summed E-state index contributed by atoms with van der Waals surface area (Å²) in [6, 6.07) is 3.52. The first-order valence-corrected chi connectivity index (χ1v) is 7.16. The molecule has 0 aliphatic rings. The fourth-order valence-corrected chi connectivity index (χ4v) is 2.55.